The SMILES string of the molecule is COc1cc(Cl)c(C[P+](c2ccccc2)(c2ccccc2)c2ccccc2)c(Cl)c1. The van der Waals surface area contributed by atoms with Crippen LogP contribution in [0.2, 0.25) is 10.0 Å². The molecular weight excluding hydrogens is 430 g/mol. The molecule has 30 heavy (non-hydrogen) atoms. The van der Waals surface area contributed by atoms with Crippen LogP contribution in [0.1, 0.15) is 5.56 Å². The summed E-state index contributed by atoms with van der Waals surface area (Å²) in [6, 6.07) is 35.8. The highest BCUT2D eigenvalue weighted by molar-refractivity contribution is 7.95. The van der Waals surface area contributed by atoms with Gasteiger partial charge in [-0.15, -0.1) is 0 Å². The van der Waals surface area contributed by atoms with Crippen LogP contribution in [-0.2, 0) is 6.16 Å². The van der Waals surface area contributed by atoms with E-state index in [2.05, 4.69) is 91.0 Å². The van der Waals surface area contributed by atoms with E-state index in [4.69, 9.17) is 27.9 Å². The van der Waals surface area contributed by atoms with Crippen LogP contribution in [0.25, 0.3) is 0 Å². The van der Waals surface area contributed by atoms with E-state index in [-0.39, 0.29) is 0 Å². The summed E-state index contributed by atoms with van der Waals surface area (Å²) in [5, 5.41) is 5.15. The van der Waals surface area contributed by atoms with E-state index in [1.165, 1.54) is 15.9 Å². The lowest BCUT2D eigenvalue weighted by atomic mass is 10.2. The maximum atomic E-state index is 6.74. The van der Waals surface area contributed by atoms with Gasteiger partial charge in [-0.2, -0.15) is 0 Å². The van der Waals surface area contributed by atoms with Crippen molar-refractivity contribution < 1.29 is 4.74 Å². The van der Waals surface area contributed by atoms with Gasteiger partial charge < -0.3 is 4.74 Å². The Balaban J connectivity index is 2.01. The maximum Gasteiger partial charge on any atom is 0.121 e. The highest BCUT2D eigenvalue weighted by Crippen LogP contribution is 2.59. The highest BCUT2D eigenvalue weighted by Gasteiger charge is 2.46. The molecule has 0 saturated heterocycles. The third kappa shape index (κ3) is 3.98. The first-order valence-electron chi connectivity index (χ1n) is 9.72. The monoisotopic (exact) mass is 451 g/mol. The Morgan fingerprint density at radius 1 is 0.633 bits per heavy atom. The van der Waals surface area contributed by atoms with E-state index in [9.17, 15) is 0 Å². The lowest BCUT2D eigenvalue weighted by molar-refractivity contribution is 0.415. The average molecular weight is 452 g/mol. The molecule has 4 heteroatoms. The fourth-order valence-electron chi connectivity index (χ4n) is 3.85. The Bertz CT molecular complexity index is 996. The van der Waals surface area contributed by atoms with E-state index in [1.54, 1.807) is 7.11 Å². The molecule has 0 heterocycles. The standard InChI is InChI=1S/C26H22Cl2OP/c1-29-20-17-25(27)24(26(28)18-20)19-30(21-11-5-2-6-12-21,22-13-7-3-8-14-22)23-15-9-4-10-16-23/h2-18H,19H2,1H3/q+1. The molecular formula is C26H22Cl2OP+. The van der Waals surface area contributed by atoms with Crippen molar-refractivity contribution in [3.05, 3.63) is 119 Å². The summed E-state index contributed by atoms with van der Waals surface area (Å²) in [6.07, 6.45) is 0.729. The first-order valence-corrected chi connectivity index (χ1v) is 12.4. The van der Waals surface area contributed by atoms with Gasteiger partial charge in [0.1, 0.15) is 35.1 Å². The van der Waals surface area contributed by atoms with E-state index in [0.29, 0.717) is 15.8 Å². The van der Waals surface area contributed by atoms with E-state index in [0.717, 1.165) is 11.7 Å². The van der Waals surface area contributed by atoms with Gasteiger partial charge in [0.2, 0.25) is 0 Å². The maximum absolute atomic E-state index is 6.74. The number of methoxy groups -OCH3 is 1. The van der Waals surface area contributed by atoms with Crippen LogP contribution < -0.4 is 20.7 Å². The fraction of sp³-hybridized carbons (Fsp3) is 0.0769. The minimum Gasteiger partial charge on any atom is -0.497 e. The van der Waals surface area contributed by atoms with Crippen molar-refractivity contribution in [2.24, 2.45) is 0 Å². The molecule has 4 rings (SSSR count). The van der Waals surface area contributed by atoms with Crippen LogP contribution in [0.5, 0.6) is 5.75 Å². The summed E-state index contributed by atoms with van der Waals surface area (Å²) in [6.45, 7) is 0. The van der Waals surface area contributed by atoms with Crippen LogP contribution in [-0.4, -0.2) is 7.11 Å². The predicted molar refractivity (Wildman–Crippen MR) is 132 cm³/mol. The van der Waals surface area contributed by atoms with Crippen LogP contribution in [0.15, 0.2) is 103 Å². The average Bonchev–Trinajstić information content (AvgIpc) is 2.80. The Morgan fingerprint density at radius 2 is 1.00 bits per heavy atom. The molecule has 0 aromatic heterocycles. The van der Waals surface area contributed by atoms with Gasteiger partial charge in [-0.05, 0) is 48.5 Å². The molecule has 0 N–H and O–H groups in total. The van der Waals surface area contributed by atoms with Gasteiger partial charge in [-0.1, -0.05) is 77.8 Å². The Morgan fingerprint density at radius 3 is 1.33 bits per heavy atom. The summed E-state index contributed by atoms with van der Waals surface area (Å²) >= 11 is 13.5. The molecule has 0 bridgehead atoms. The number of halogens is 2. The lowest BCUT2D eigenvalue weighted by Crippen LogP contribution is -2.32. The van der Waals surface area contributed by atoms with Crippen molar-refractivity contribution in [1.29, 1.82) is 0 Å². The fourth-order valence-corrected chi connectivity index (χ4v) is 8.94. The van der Waals surface area contributed by atoms with Crippen LogP contribution in [0.3, 0.4) is 0 Å². The molecule has 0 fully saturated rings. The molecule has 0 aliphatic rings. The first kappa shape index (κ1) is 20.9. The molecule has 4 aromatic rings. The van der Waals surface area contributed by atoms with Crippen LogP contribution in [0, 0.1) is 0 Å². The van der Waals surface area contributed by atoms with E-state index < -0.39 is 7.26 Å². The number of ether oxygens (including phenoxy) is 1. The number of hydrogen-bond donors (Lipinski definition) is 0. The molecule has 150 valence electrons. The second kappa shape index (κ2) is 9.23. The van der Waals surface area contributed by atoms with Crippen LogP contribution >= 0.6 is 30.5 Å². The zero-order chi connectivity index (χ0) is 21.0. The predicted octanol–water partition coefficient (Wildman–Crippen LogP) is 6.50. The van der Waals surface area contributed by atoms with Crippen molar-refractivity contribution in [2.75, 3.05) is 7.11 Å². The Hall–Kier alpha value is -2.31. The highest BCUT2D eigenvalue weighted by atomic mass is 35.5. The second-order valence-electron chi connectivity index (χ2n) is 7.04. The molecule has 0 aliphatic heterocycles. The van der Waals surface area contributed by atoms with Gasteiger partial charge in [-0.25, -0.2) is 0 Å². The third-order valence-electron chi connectivity index (χ3n) is 5.34. The summed E-state index contributed by atoms with van der Waals surface area (Å²) in [5.74, 6) is 0.664. The van der Waals surface area contributed by atoms with Crippen molar-refractivity contribution >= 4 is 46.4 Å². The molecule has 0 radical (unpaired) electrons. The second-order valence-corrected chi connectivity index (χ2v) is 11.3. The lowest BCUT2D eigenvalue weighted by Gasteiger charge is -2.28. The van der Waals surface area contributed by atoms with Gasteiger partial charge in [0.25, 0.3) is 0 Å². The molecule has 0 spiro atoms. The molecule has 1 nitrogen and oxygen atoms in total. The molecule has 0 saturated carbocycles. The van der Waals surface area contributed by atoms with Gasteiger partial charge in [0.15, 0.2) is 0 Å². The third-order valence-corrected chi connectivity index (χ3v) is 10.3. The van der Waals surface area contributed by atoms with Crippen molar-refractivity contribution in [3.8, 4) is 5.75 Å². The zero-order valence-electron chi connectivity index (χ0n) is 16.6. The zero-order valence-corrected chi connectivity index (χ0v) is 19.0. The molecule has 0 unspecified atom stereocenters. The van der Waals surface area contributed by atoms with E-state index >= 15 is 0 Å². The summed E-state index contributed by atoms with van der Waals surface area (Å²) in [5.41, 5.74) is 0.948. The number of rotatable bonds is 6. The first-order chi connectivity index (χ1) is 14.6. The van der Waals surface area contributed by atoms with Gasteiger partial charge in [0, 0.05) is 5.56 Å². The van der Waals surface area contributed by atoms with Gasteiger partial charge >= 0.3 is 0 Å². The van der Waals surface area contributed by atoms with Gasteiger partial charge in [0.05, 0.1) is 17.2 Å². The molecule has 0 aliphatic carbocycles. The normalized spacial score (nSPS) is 11.3. The Kier molecular flexibility index (Phi) is 6.44. The largest absolute Gasteiger partial charge is 0.497 e. The summed E-state index contributed by atoms with van der Waals surface area (Å²) in [7, 11) is -0.440. The molecule has 0 amide bonds. The number of benzene rings is 4. The van der Waals surface area contributed by atoms with Crippen molar-refractivity contribution in [3.63, 3.8) is 0 Å². The van der Waals surface area contributed by atoms with Crippen molar-refractivity contribution in [1.82, 2.24) is 0 Å². The Labute approximate surface area is 188 Å². The minimum absolute atomic E-state index is 0.631. The summed E-state index contributed by atoms with van der Waals surface area (Å²) in [4.78, 5) is 0. The van der Waals surface area contributed by atoms with Gasteiger partial charge in [-0.3, -0.25) is 0 Å². The molecule has 4 aromatic carbocycles. The molecule has 0 atom stereocenters. The summed E-state index contributed by atoms with van der Waals surface area (Å²) < 4.78 is 5.36. The number of hydrogen-bond acceptors (Lipinski definition) is 1. The topological polar surface area (TPSA) is 9.23 Å². The van der Waals surface area contributed by atoms with E-state index in [1.807, 2.05) is 12.1 Å². The van der Waals surface area contributed by atoms with Crippen molar-refractivity contribution in [2.45, 2.75) is 6.16 Å². The smallest absolute Gasteiger partial charge is 0.121 e. The minimum atomic E-state index is -2.06. The quantitative estimate of drug-likeness (QED) is 0.304. The van der Waals surface area contributed by atoms with Crippen LogP contribution in [0.4, 0.5) is 0 Å².